The second-order valence-corrected chi connectivity index (χ2v) is 3.68. The van der Waals surface area contributed by atoms with E-state index in [0.29, 0.717) is 5.28 Å². The first-order valence-corrected chi connectivity index (χ1v) is 4.80. The molecule has 14 heavy (non-hydrogen) atoms. The highest BCUT2D eigenvalue weighted by atomic mass is 35.5. The van der Waals surface area contributed by atoms with Gasteiger partial charge >= 0.3 is 0 Å². The van der Waals surface area contributed by atoms with E-state index in [2.05, 4.69) is 36.2 Å². The maximum Gasteiger partial charge on any atom is 0.202 e. The van der Waals surface area contributed by atoms with E-state index in [4.69, 9.17) is 11.6 Å². The fourth-order valence-electron chi connectivity index (χ4n) is 1.38. The zero-order valence-electron chi connectivity index (χ0n) is 8.16. The smallest absolute Gasteiger partial charge is 0.202 e. The van der Waals surface area contributed by atoms with Gasteiger partial charge in [0.25, 0.3) is 0 Å². The van der Waals surface area contributed by atoms with Crippen molar-refractivity contribution >= 4 is 11.6 Å². The van der Waals surface area contributed by atoms with E-state index in [-0.39, 0.29) is 0 Å². The molecular formula is C11H11ClN2. The van der Waals surface area contributed by atoms with Gasteiger partial charge in [0.1, 0.15) is 0 Å². The fraction of sp³-hybridized carbons (Fsp3) is 0.182. The van der Waals surface area contributed by atoms with Gasteiger partial charge in [-0.05, 0) is 24.1 Å². The first kappa shape index (κ1) is 9.28. The highest BCUT2D eigenvalue weighted by molar-refractivity contribution is 6.28. The van der Waals surface area contributed by atoms with Gasteiger partial charge < -0.3 is 4.57 Å². The van der Waals surface area contributed by atoms with Crippen LogP contribution < -0.4 is 0 Å². The third kappa shape index (κ3) is 1.53. The molecule has 0 saturated carbocycles. The Labute approximate surface area is 88.2 Å². The summed E-state index contributed by atoms with van der Waals surface area (Å²) in [5.74, 6) is 0. The highest BCUT2D eigenvalue weighted by Gasteiger charge is 2.05. The largest absolute Gasteiger partial charge is 0.318 e. The number of aromatic nitrogens is 2. The molecule has 0 fully saturated rings. The summed E-state index contributed by atoms with van der Waals surface area (Å²) in [6.45, 7) is 2.07. The van der Waals surface area contributed by atoms with Crippen molar-refractivity contribution in [2.45, 2.75) is 6.92 Å². The maximum absolute atomic E-state index is 5.86. The third-order valence-corrected chi connectivity index (χ3v) is 2.63. The number of rotatable bonds is 1. The molecule has 0 unspecified atom stereocenters. The highest BCUT2D eigenvalue weighted by Crippen LogP contribution is 2.21. The Bertz CT molecular complexity index is 443. The molecule has 0 aliphatic heterocycles. The lowest BCUT2D eigenvalue weighted by molar-refractivity contribution is 0.922. The molecule has 1 heterocycles. The minimum atomic E-state index is 0.514. The predicted molar refractivity (Wildman–Crippen MR) is 58.4 cm³/mol. The lowest BCUT2D eigenvalue weighted by Crippen LogP contribution is -1.91. The van der Waals surface area contributed by atoms with Crippen molar-refractivity contribution in [1.29, 1.82) is 0 Å². The number of nitrogens with zero attached hydrogens (tertiary/aromatic N) is 2. The molecule has 2 rings (SSSR count). The number of benzene rings is 1. The van der Waals surface area contributed by atoms with Gasteiger partial charge in [-0.3, -0.25) is 0 Å². The summed E-state index contributed by atoms with van der Waals surface area (Å²) in [6.07, 6.45) is 1.78. The Morgan fingerprint density at radius 1 is 1.21 bits per heavy atom. The average molecular weight is 207 g/mol. The first-order chi connectivity index (χ1) is 6.68. The van der Waals surface area contributed by atoms with Gasteiger partial charge in [-0.25, -0.2) is 4.98 Å². The molecule has 2 aromatic rings. The van der Waals surface area contributed by atoms with E-state index in [1.54, 1.807) is 6.20 Å². The van der Waals surface area contributed by atoms with Crippen LogP contribution in [0.15, 0.2) is 30.5 Å². The first-order valence-electron chi connectivity index (χ1n) is 4.43. The number of hydrogen-bond acceptors (Lipinski definition) is 1. The zero-order valence-corrected chi connectivity index (χ0v) is 8.92. The maximum atomic E-state index is 5.86. The Kier molecular flexibility index (Phi) is 2.30. The second-order valence-electron chi connectivity index (χ2n) is 3.34. The average Bonchev–Trinajstić information content (AvgIpc) is 2.50. The molecular weight excluding hydrogens is 196 g/mol. The molecule has 2 nitrogen and oxygen atoms in total. The van der Waals surface area contributed by atoms with E-state index in [1.165, 1.54) is 5.56 Å². The predicted octanol–water partition coefficient (Wildman–Crippen LogP) is 3.05. The van der Waals surface area contributed by atoms with Crippen LogP contribution in [0.5, 0.6) is 0 Å². The van der Waals surface area contributed by atoms with Gasteiger partial charge in [0.2, 0.25) is 5.28 Å². The molecule has 0 bridgehead atoms. The van der Waals surface area contributed by atoms with Crippen LogP contribution in [0, 0.1) is 6.92 Å². The lowest BCUT2D eigenvalue weighted by atomic mass is 10.1. The normalized spacial score (nSPS) is 10.5. The third-order valence-electron chi connectivity index (χ3n) is 2.28. The van der Waals surface area contributed by atoms with Crippen LogP contribution in [-0.2, 0) is 7.05 Å². The summed E-state index contributed by atoms with van der Waals surface area (Å²) in [5, 5.41) is 0.514. The quantitative estimate of drug-likeness (QED) is 0.701. The molecule has 72 valence electrons. The number of aryl methyl sites for hydroxylation is 1. The van der Waals surface area contributed by atoms with Gasteiger partial charge in [-0.2, -0.15) is 0 Å². The van der Waals surface area contributed by atoms with Crippen molar-refractivity contribution in [3.05, 3.63) is 41.3 Å². The minimum absolute atomic E-state index is 0.514. The van der Waals surface area contributed by atoms with Gasteiger partial charge in [-0.1, -0.05) is 29.8 Å². The minimum Gasteiger partial charge on any atom is -0.318 e. The van der Waals surface area contributed by atoms with Crippen molar-refractivity contribution in [3.8, 4) is 11.3 Å². The van der Waals surface area contributed by atoms with Crippen LogP contribution in [0.3, 0.4) is 0 Å². The van der Waals surface area contributed by atoms with Crippen LogP contribution in [0.4, 0.5) is 0 Å². The van der Waals surface area contributed by atoms with Gasteiger partial charge in [-0.15, -0.1) is 0 Å². The van der Waals surface area contributed by atoms with Crippen LogP contribution in [-0.4, -0.2) is 9.55 Å². The van der Waals surface area contributed by atoms with Crippen LogP contribution in [0.25, 0.3) is 11.3 Å². The molecule has 0 N–H and O–H groups in total. The SMILES string of the molecule is Cc1ccc(-c2cnc(Cl)n2C)cc1. The van der Waals surface area contributed by atoms with Crippen molar-refractivity contribution < 1.29 is 0 Å². The van der Waals surface area contributed by atoms with Crippen LogP contribution >= 0.6 is 11.6 Å². The van der Waals surface area contributed by atoms with Crippen molar-refractivity contribution in [1.82, 2.24) is 9.55 Å². The van der Waals surface area contributed by atoms with Crippen LogP contribution in [0.1, 0.15) is 5.56 Å². The zero-order chi connectivity index (χ0) is 10.1. The van der Waals surface area contributed by atoms with E-state index in [9.17, 15) is 0 Å². The van der Waals surface area contributed by atoms with E-state index >= 15 is 0 Å². The number of halogens is 1. The molecule has 0 aliphatic carbocycles. The Morgan fingerprint density at radius 2 is 1.86 bits per heavy atom. The van der Waals surface area contributed by atoms with Crippen molar-refractivity contribution in [3.63, 3.8) is 0 Å². The summed E-state index contributed by atoms with van der Waals surface area (Å²) >= 11 is 5.86. The molecule has 0 radical (unpaired) electrons. The van der Waals surface area contributed by atoms with Gasteiger partial charge in [0, 0.05) is 7.05 Å². The van der Waals surface area contributed by atoms with Crippen LogP contribution in [0.2, 0.25) is 5.28 Å². The molecule has 0 amide bonds. The molecule has 0 aliphatic rings. The lowest BCUT2D eigenvalue weighted by Gasteiger charge is -2.02. The van der Waals surface area contributed by atoms with Crippen molar-refractivity contribution in [2.75, 3.05) is 0 Å². The summed E-state index contributed by atoms with van der Waals surface area (Å²) in [4.78, 5) is 4.04. The summed E-state index contributed by atoms with van der Waals surface area (Å²) < 4.78 is 1.87. The Morgan fingerprint density at radius 3 is 2.36 bits per heavy atom. The monoisotopic (exact) mass is 206 g/mol. The van der Waals surface area contributed by atoms with Crippen molar-refractivity contribution in [2.24, 2.45) is 7.05 Å². The van der Waals surface area contributed by atoms with Gasteiger partial charge in [0.05, 0.1) is 11.9 Å². The second kappa shape index (κ2) is 3.46. The summed E-state index contributed by atoms with van der Waals surface area (Å²) in [7, 11) is 1.91. The topological polar surface area (TPSA) is 17.8 Å². The molecule has 0 spiro atoms. The number of imidazole rings is 1. The number of hydrogen-bond donors (Lipinski definition) is 0. The van der Waals surface area contributed by atoms with E-state index in [0.717, 1.165) is 11.3 Å². The van der Waals surface area contributed by atoms with E-state index in [1.807, 2.05) is 11.6 Å². The van der Waals surface area contributed by atoms with Gasteiger partial charge in [0.15, 0.2) is 0 Å². The molecule has 3 heteroatoms. The molecule has 1 aromatic heterocycles. The summed E-state index contributed by atoms with van der Waals surface area (Å²) in [6, 6.07) is 8.30. The molecule has 1 aromatic carbocycles. The Balaban J connectivity index is 2.49. The molecule has 0 saturated heterocycles. The molecule has 0 atom stereocenters. The fourth-order valence-corrected chi connectivity index (χ4v) is 1.52. The summed E-state index contributed by atoms with van der Waals surface area (Å²) in [5.41, 5.74) is 3.43. The Hall–Kier alpha value is -1.28. The standard InChI is InChI=1S/C11H11ClN2/c1-8-3-5-9(6-4-8)10-7-13-11(12)14(10)2/h3-7H,1-2H3. The van der Waals surface area contributed by atoms with E-state index < -0.39 is 0 Å².